The fourth-order valence-electron chi connectivity index (χ4n) is 11.6. The molecule has 2 aliphatic rings. The number of hydrogen-bond acceptors (Lipinski definition) is 27. The molecule has 0 aromatic carbocycles. The van der Waals surface area contributed by atoms with Crippen LogP contribution >= 0.6 is 0 Å². The number of aliphatic carboxylic acids is 6. The third kappa shape index (κ3) is 35.3. The first kappa shape index (κ1) is 102. The van der Waals surface area contributed by atoms with Crippen molar-refractivity contribution in [2.45, 2.75) is 234 Å². The van der Waals surface area contributed by atoms with Gasteiger partial charge in [0.2, 0.25) is 94.5 Å². The number of nitrogens with one attached hydrogen (secondary N) is 13. The molecule has 2 saturated heterocycles. The van der Waals surface area contributed by atoms with Gasteiger partial charge in [-0.05, 0) is 90.9 Å². The second kappa shape index (κ2) is 50.0. The Morgan fingerprint density at radius 1 is 0.407 bits per heavy atom. The third-order valence-corrected chi connectivity index (χ3v) is 18.0. The Morgan fingerprint density at radius 3 is 1.20 bits per heavy atom. The van der Waals surface area contributed by atoms with E-state index in [0.29, 0.717) is 6.42 Å². The number of aliphatic hydroxyl groups excluding tert-OH is 3. The number of likely N-dealkylation sites (tertiary alicyclic amines) is 2. The Labute approximate surface area is 671 Å². The highest BCUT2D eigenvalue weighted by Gasteiger charge is 2.44. The molecule has 2 fully saturated rings. The fourth-order valence-corrected chi connectivity index (χ4v) is 11.6. The van der Waals surface area contributed by atoms with Gasteiger partial charge in [-0.25, -0.2) is 0 Å². The first-order valence-corrected chi connectivity index (χ1v) is 37.0. The summed E-state index contributed by atoms with van der Waals surface area (Å²) in [6.07, 6.45) is -9.81. The molecule has 51 heteroatoms. The average molecular weight is 1690 g/mol. The zero-order valence-electron chi connectivity index (χ0n) is 65.0. The van der Waals surface area contributed by atoms with Gasteiger partial charge in [0.1, 0.15) is 90.6 Å². The van der Waals surface area contributed by atoms with E-state index < -0.39 is 323 Å². The maximum absolute atomic E-state index is 14.2. The van der Waals surface area contributed by atoms with Crippen LogP contribution in [0.2, 0.25) is 0 Å². The maximum atomic E-state index is 14.2. The van der Waals surface area contributed by atoms with Crippen molar-refractivity contribution >= 4 is 136 Å². The van der Waals surface area contributed by atoms with Crippen molar-refractivity contribution in [3.63, 3.8) is 0 Å². The van der Waals surface area contributed by atoms with Gasteiger partial charge in [-0.2, -0.15) is 0 Å². The van der Waals surface area contributed by atoms with Crippen molar-refractivity contribution in [3.05, 3.63) is 0 Å². The van der Waals surface area contributed by atoms with Crippen LogP contribution in [0.5, 0.6) is 0 Å². The van der Waals surface area contributed by atoms with Crippen LogP contribution in [-0.4, -0.2) is 328 Å². The van der Waals surface area contributed by atoms with Crippen LogP contribution in [0.15, 0.2) is 4.99 Å². The minimum Gasteiger partial charge on any atom is -0.481 e. The lowest BCUT2D eigenvalue weighted by Crippen LogP contribution is -2.61. The van der Waals surface area contributed by atoms with Crippen LogP contribution in [0, 0.1) is 5.92 Å². The summed E-state index contributed by atoms with van der Waals surface area (Å²) in [7, 11) is 0. The highest BCUT2D eigenvalue weighted by molar-refractivity contribution is 6.02. The van der Waals surface area contributed by atoms with E-state index in [2.05, 4.69) is 58.2 Å². The molecule has 2 aliphatic heterocycles. The van der Waals surface area contributed by atoms with Gasteiger partial charge >= 0.3 is 35.8 Å². The minimum absolute atomic E-state index is 0.00345. The van der Waals surface area contributed by atoms with Crippen LogP contribution in [-0.2, 0) is 105 Å². The van der Waals surface area contributed by atoms with E-state index in [9.17, 15) is 151 Å². The molecule has 30 N–H and O–H groups in total. The summed E-state index contributed by atoms with van der Waals surface area (Å²) < 4.78 is 0. The van der Waals surface area contributed by atoms with Gasteiger partial charge in [0.05, 0.1) is 38.7 Å². The lowest BCUT2D eigenvalue weighted by atomic mass is 10.0. The lowest BCUT2D eigenvalue weighted by molar-refractivity contribution is -0.146. The molecule has 16 amide bonds. The zero-order chi connectivity index (χ0) is 89.7. The van der Waals surface area contributed by atoms with Crippen molar-refractivity contribution in [1.29, 1.82) is 0 Å². The SMILES string of the molecule is CC(C)[C@H](NC(=O)[C@@H]1CCCN1C(=O)[C@H](CC(=O)O)NC(=O)CNC(=O)[C@H](CC(=O)O)NC(=O)[C@H](CO)NC(=O)[C@H](CCCN=C(N)N)NC(=O)[C@H](CCC(=O)O)NC(=O)[C@H](C)NC(=O)[C@H](CCC(=O)O)NC(=O)[C@H](CCC(=O)O)NC(=O)[C@H](CO)NC(=O)[C@@H](N)[C@@H](C)O)C(=O)N[C@@H](CCC(N)=O)C(=O)N1CCC[C@H]1C(=O)N[C@@H](C)C(=O)O. The molecule has 118 heavy (non-hydrogen) atoms. The molecule has 0 aliphatic carbocycles. The van der Waals surface area contributed by atoms with E-state index in [1.807, 2.05) is 16.0 Å². The molecule has 0 radical (unpaired) electrons. The number of aliphatic imine (C=N–C) groups is 1. The summed E-state index contributed by atoms with van der Waals surface area (Å²) >= 11 is 0. The Hall–Kier alpha value is -12.5. The summed E-state index contributed by atoms with van der Waals surface area (Å²) in [6, 6.07) is -26.2. The Bertz CT molecular complexity index is 3710. The van der Waals surface area contributed by atoms with E-state index >= 15 is 0 Å². The molecule has 0 bridgehead atoms. The number of nitrogens with zero attached hydrogens (tertiary/aromatic N) is 3. The van der Waals surface area contributed by atoms with Gasteiger partial charge in [0.15, 0.2) is 5.96 Å². The summed E-state index contributed by atoms with van der Waals surface area (Å²) in [4.78, 5) is 294. The molecular weight excluding hydrogens is 1580 g/mol. The lowest BCUT2D eigenvalue weighted by Gasteiger charge is -2.32. The van der Waals surface area contributed by atoms with E-state index in [1.54, 1.807) is 0 Å². The number of carboxylic acids is 6. The maximum Gasteiger partial charge on any atom is 0.325 e. The van der Waals surface area contributed by atoms with Crippen LogP contribution in [0.3, 0.4) is 0 Å². The number of nitrogens with two attached hydrogens (primary N) is 4. The number of hydrogen-bond donors (Lipinski definition) is 26. The highest BCUT2D eigenvalue weighted by atomic mass is 16.4. The fraction of sp³-hybridized carbons (Fsp3) is 0.657. The standard InChI is InChI=1S/C67H106N20O31/c1-28(2)51(63(114)81-36(12-16-43(68)91)64(115)86-21-7-10-41(86)60(111)75-30(4)66(117)118)85-61(112)42-11-8-22-87(42)65(116)38(24-49(101)102)76-44(92)25-73-53(104)37(23-48(99)100)82-59(110)39(26-88)83-55(106)32(9-6-20-72-67(70)71)78-56(107)34(14-18-46(95)96)77-52(103)29(3)74-54(105)33(13-17-45(93)94)79-57(108)35(15-19-47(97)98)80-58(109)40(27-89)84-62(113)50(69)31(5)90/h28-42,50-51,88-90H,6-27,69H2,1-5H3,(H2,68,91)(H,73,104)(H,74,105)(H,75,111)(H,76,92)(H,77,103)(H,78,107)(H,79,108)(H,80,109)(H,81,114)(H,82,110)(H,83,106)(H,84,113)(H,85,112)(H,93,94)(H,95,96)(H,97,98)(H,99,100)(H,101,102)(H,117,118)(H4,70,71,72)/t29-,30-,31+,32-,33-,34-,35-,36-,37-,38-,39-,40-,41-,42-,50-,51-/m0/s1. The van der Waals surface area contributed by atoms with Crippen molar-refractivity contribution in [2.24, 2.45) is 33.8 Å². The molecule has 0 spiro atoms. The monoisotopic (exact) mass is 1690 g/mol. The van der Waals surface area contributed by atoms with Gasteiger partial charge in [0, 0.05) is 45.3 Å². The average Bonchev–Trinajstić information content (AvgIpc) is 1.64. The molecule has 0 aromatic heterocycles. The number of carbonyl (C=O) groups is 22. The molecule has 2 heterocycles. The molecule has 0 aromatic rings. The number of rotatable bonds is 53. The normalized spacial score (nSPS) is 17.1. The Morgan fingerprint density at radius 2 is 0.788 bits per heavy atom. The molecule has 51 nitrogen and oxygen atoms in total. The van der Waals surface area contributed by atoms with Crippen LogP contribution in [0.1, 0.15) is 137 Å². The summed E-state index contributed by atoms with van der Waals surface area (Å²) in [6.45, 7) is 2.14. The molecular formula is C67H106N20O31. The molecule has 2 rings (SSSR count). The second-order valence-electron chi connectivity index (χ2n) is 27.8. The Kier molecular flexibility index (Phi) is 43.1. The quantitative estimate of drug-likeness (QED) is 0.0153. The highest BCUT2D eigenvalue weighted by Crippen LogP contribution is 2.23. The minimum atomic E-state index is -2.19. The van der Waals surface area contributed by atoms with E-state index in [-0.39, 0.29) is 51.7 Å². The van der Waals surface area contributed by atoms with Crippen molar-refractivity contribution in [3.8, 4) is 0 Å². The number of carbonyl (C=O) groups excluding carboxylic acids is 16. The van der Waals surface area contributed by atoms with Crippen molar-refractivity contribution in [2.75, 3.05) is 39.4 Å². The van der Waals surface area contributed by atoms with E-state index in [1.165, 1.54) is 20.8 Å². The molecule has 0 unspecified atom stereocenters. The van der Waals surface area contributed by atoms with E-state index in [4.69, 9.17) is 22.9 Å². The molecule has 660 valence electrons. The third-order valence-electron chi connectivity index (χ3n) is 18.0. The first-order valence-electron chi connectivity index (χ1n) is 37.0. The summed E-state index contributed by atoms with van der Waals surface area (Å²) in [5.74, 6) is -29.7. The summed E-state index contributed by atoms with van der Waals surface area (Å²) in [5, 5.41) is 116. The predicted molar refractivity (Wildman–Crippen MR) is 397 cm³/mol. The first-order chi connectivity index (χ1) is 55.1. The number of carboxylic acid groups (broad SMARTS) is 6. The largest absolute Gasteiger partial charge is 0.481 e. The Balaban J connectivity index is 2.36. The van der Waals surface area contributed by atoms with E-state index in [0.717, 1.165) is 23.6 Å². The molecule has 0 saturated carbocycles. The number of primary amides is 1. The van der Waals surface area contributed by atoms with Crippen LogP contribution in [0.4, 0.5) is 0 Å². The summed E-state index contributed by atoms with van der Waals surface area (Å²) in [5.41, 5.74) is 21.8. The molecule has 16 atom stereocenters. The topological polar surface area (TPSA) is 837 Å². The zero-order valence-corrected chi connectivity index (χ0v) is 65.0. The predicted octanol–water partition coefficient (Wildman–Crippen LogP) is -12.8. The number of aliphatic hydroxyl groups is 3. The van der Waals surface area contributed by atoms with Gasteiger partial charge in [-0.1, -0.05) is 13.8 Å². The smallest absolute Gasteiger partial charge is 0.325 e. The van der Waals surface area contributed by atoms with Crippen molar-refractivity contribution in [1.82, 2.24) is 78.9 Å². The number of amides is 16. The van der Waals surface area contributed by atoms with Crippen molar-refractivity contribution < 1.29 is 151 Å². The van der Waals surface area contributed by atoms with Gasteiger partial charge in [-0.3, -0.25) is 110 Å². The van der Waals surface area contributed by atoms with Crippen LogP contribution < -0.4 is 92.1 Å². The van der Waals surface area contributed by atoms with Gasteiger partial charge in [0.25, 0.3) is 0 Å². The second-order valence-corrected chi connectivity index (χ2v) is 27.8. The van der Waals surface area contributed by atoms with Gasteiger partial charge in [-0.15, -0.1) is 0 Å². The number of guanidine groups is 1. The van der Waals surface area contributed by atoms with Crippen LogP contribution in [0.25, 0.3) is 0 Å². The van der Waals surface area contributed by atoms with Gasteiger partial charge < -0.3 is 148 Å².